The Kier molecular flexibility index (Phi) is 4.45. The van der Waals surface area contributed by atoms with E-state index in [-0.39, 0.29) is 0 Å². The molecule has 0 radical (unpaired) electrons. The van der Waals surface area contributed by atoms with Gasteiger partial charge in [-0.05, 0) is 50.6 Å². The topological polar surface area (TPSA) is 38.0 Å². The second-order valence-electron chi connectivity index (χ2n) is 5.43. The Morgan fingerprint density at radius 2 is 1.47 bits per heavy atom. The van der Waals surface area contributed by atoms with Crippen LogP contribution in [0.5, 0.6) is 0 Å². The number of rotatable bonds is 4. The molecule has 88 valence electrons. The second kappa shape index (κ2) is 5.86. The van der Waals surface area contributed by atoms with Gasteiger partial charge < -0.3 is 11.1 Å². The van der Waals surface area contributed by atoms with Gasteiger partial charge in [0.15, 0.2) is 0 Å². The van der Waals surface area contributed by atoms with Crippen LogP contribution in [0.4, 0.5) is 0 Å². The molecule has 2 aliphatic carbocycles. The van der Waals surface area contributed by atoms with Crippen molar-refractivity contribution in [2.24, 2.45) is 17.6 Å². The van der Waals surface area contributed by atoms with Gasteiger partial charge in [0.2, 0.25) is 0 Å². The van der Waals surface area contributed by atoms with Crippen LogP contribution in [0.15, 0.2) is 0 Å². The maximum Gasteiger partial charge on any atom is 0.00671 e. The van der Waals surface area contributed by atoms with Crippen LogP contribution in [-0.4, -0.2) is 19.1 Å². The Hall–Kier alpha value is -0.0800. The molecule has 2 unspecified atom stereocenters. The highest BCUT2D eigenvalue weighted by molar-refractivity contribution is 4.81. The van der Waals surface area contributed by atoms with Gasteiger partial charge in [-0.25, -0.2) is 0 Å². The van der Waals surface area contributed by atoms with E-state index in [1.807, 2.05) is 0 Å². The summed E-state index contributed by atoms with van der Waals surface area (Å²) in [6.07, 6.45) is 11.3. The Bertz CT molecular complexity index is 175. The van der Waals surface area contributed by atoms with Gasteiger partial charge in [0.1, 0.15) is 0 Å². The first-order valence-electron chi connectivity index (χ1n) is 6.83. The van der Waals surface area contributed by atoms with Gasteiger partial charge >= 0.3 is 0 Å². The van der Waals surface area contributed by atoms with Crippen LogP contribution in [-0.2, 0) is 0 Å². The molecule has 0 amide bonds. The summed E-state index contributed by atoms with van der Waals surface area (Å²) in [5.74, 6) is 1.66. The van der Waals surface area contributed by atoms with E-state index < -0.39 is 0 Å². The lowest BCUT2D eigenvalue weighted by atomic mass is 9.79. The maximum atomic E-state index is 5.85. The number of nitrogens with two attached hydrogens (primary N) is 1. The van der Waals surface area contributed by atoms with Crippen LogP contribution in [0, 0.1) is 11.8 Å². The minimum Gasteiger partial charge on any atom is -0.330 e. The molecule has 2 aliphatic rings. The average Bonchev–Trinajstić information content (AvgIpc) is 2.79. The van der Waals surface area contributed by atoms with E-state index in [1.54, 1.807) is 0 Å². The van der Waals surface area contributed by atoms with Gasteiger partial charge in [-0.3, -0.25) is 0 Å². The molecule has 3 N–H and O–H groups in total. The van der Waals surface area contributed by atoms with Crippen LogP contribution in [0.3, 0.4) is 0 Å². The highest BCUT2D eigenvalue weighted by Crippen LogP contribution is 2.29. The zero-order valence-corrected chi connectivity index (χ0v) is 9.88. The average molecular weight is 210 g/mol. The Labute approximate surface area is 94.0 Å². The summed E-state index contributed by atoms with van der Waals surface area (Å²) in [5, 5.41) is 3.76. The third kappa shape index (κ3) is 3.18. The SMILES string of the molecule is NCC1CCCCC1CNC1CCCC1. The third-order valence-corrected chi connectivity index (χ3v) is 4.39. The molecule has 0 aromatic rings. The molecule has 0 spiro atoms. The first-order chi connectivity index (χ1) is 7.40. The van der Waals surface area contributed by atoms with Crippen molar-refractivity contribution in [3.8, 4) is 0 Å². The predicted octanol–water partition coefficient (Wildman–Crippen LogP) is 2.28. The molecular formula is C13H26N2. The van der Waals surface area contributed by atoms with Crippen molar-refractivity contribution in [2.45, 2.75) is 57.4 Å². The fourth-order valence-corrected chi connectivity index (χ4v) is 3.31. The van der Waals surface area contributed by atoms with Crippen LogP contribution < -0.4 is 11.1 Å². The third-order valence-electron chi connectivity index (χ3n) is 4.39. The monoisotopic (exact) mass is 210 g/mol. The van der Waals surface area contributed by atoms with Crippen LogP contribution in [0.25, 0.3) is 0 Å². The minimum absolute atomic E-state index is 0.799. The number of hydrogen-bond donors (Lipinski definition) is 2. The fraction of sp³-hybridized carbons (Fsp3) is 1.00. The lowest BCUT2D eigenvalue weighted by molar-refractivity contribution is 0.229. The summed E-state index contributed by atoms with van der Waals surface area (Å²) in [7, 11) is 0. The molecule has 0 aromatic heterocycles. The second-order valence-corrected chi connectivity index (χ2v) is 5.43. The molecule has 2 heteroatoms. The van der Waals surface area contributed by atoms with E-state index in [1.165, 1.54) is 57.9 Å². The molecule has 2 rings (SSSR count). The smallest absolute Gasteiger partial charge is 0.00671 e. The van der Waals surface area contributed by atoms with Crippen molar-refractivity contribution in [1.82, 2.24) is 5.32 Å². The molecule has 2 fully saturated rings. The van der Waals surface area contributed by atoms with Crippen LogP contribution in [0.2, 0.25) is 0 Å². The van der Waals surface area contributed by atoms with Gasteiger partial charge in [0, 0.05) is 6.04 Å². The minimum atomic E-state index is 0.799. The van der Waals surface area contributed by atoms with Crippen molar-refractivity contribution in [3.05, 3.63) is 0 Å². The molecule has 2 atom stereocenters. The van der Waals surface area contributed by atoms with E-state index >= 15 is 0 Å². The van der Waals surface area contributed by atoms with E-state index in [0.29, 0.717) is 0 Å². The van der Waals surface area contributed by atoms with Crippen LogP contribution in [0.1, 0.15) is 51.4 Å². The fourth-order valence-electron chi connectivity index (χ4n) is 3.31. The number of nitrogens with one attached hydrogen (secondary N) is 1. The lowest BCUT2D eigenvalue weighted by Gasteiger charge is -2.31. The molecule has 0 aromatic carbocycles. The molecule has 0 heterocycles. The van der Waals surface area contributed by atoms with Crippen molar-refractivity contribution in [2.75, 3.05) is 13.1 Å². The predicted molar refractivity (Wildman–Crippen MR) is 64.8 cm³/mol. The zero-order valence-electron chi connectivity index (χ0n) is 9.88. The summed E-state index contributed by atoms with van der Waals surface area (Å²) in [6, 6.07) is 0.824. The molecular weight excluding hydrogens is 184 g/mol. The highest BCUT2D eigenvalue weighted by atomic mass is 14.9. The van der Waals surface area contributed by atoms with E-state index in [9.17, 15) is 0 Å². The first-order valence-corrected chi connectivity index (χ1v) is 6.83. The van der Waals surface area contributed by atoms with Crippen molar-refractivity contribution < 1.29 is 0 Å². The van der Waals surface area contributed by atoms with Crippen molar-refractivity contribution in [3.63, 3.8) is 0 Å². The molecule has 0 bridgehead atoms. The van der Waals surface area contributed by atoms with E-state index in [4.69, 9.17) is 5.73 Å². The summed E-state index contributed by atoms with van der Waals surface area (Å²) in [6.45, 7) is 2.13. The molecule has 15 heavy (non-hydrogen) atoms. The van der Waals surface area contributed by atoms with Gasteiger partial charge in [-0.15, -0.1) is 0 Å². The molecule has 0 saturated heterocycles. The van der Waals surface area contributed by atoms with Gasteiger partial charge in [0.05, 0.1) is 0 Å². The Morgan fingerprint density at radius 1 is 0.867 bits per heavy atom. The van der Waals surface area contributed by atoms with Gasteiger partial charge in [-0.2, -0.15) is 0 Å². The van der Waals surface area contributed by atoms with Crippen molar-refractivity contribution in [1.29, 1.82) is 0 Å². The van der Waals surface area contributed by atoms with Gasteiger partial charge in [0.25, 0.3) is 0 Å². The standard InChI is InChI=1S/C13H26N2/c14-9-11-5-1-2-6-12(11)10-15-13-7-3-4-8-13/h11-13,15H,1-10,14H2. The van der Waals surface area contributed by atoms with Crippen LogP contribution >= 0.6 is 0 Å². The summed E-state index contributed by atoms with van der Waals surface area (Å²) in [4.78, 5) is 0. The Balaban J connectivity index is 1.71. The van der Waals surface area contributed by atoms with Crippen molar-refractivity contribution >= 4 is 0 Å². The molecule has 2 saturated carbocycles. The maximum absolute atomic E-state index is 5.85. The van der Waals surface area contributed by atoms with Gasteiger partial charge in [-0.1, -0.05) is 25.7 Å². The summed E-state index contributed by atoms with van der Waals surface area (Å²) >= 11 is 0. The molecule has 0 aliphatic heterocycles. The first kappa shape index (κ1) is 11.4. The highest BCUT2D eigenvalue weighted by Gasteiger charge is 2.24. The largest absolute Gasteiger partial charge is 0.330 e. The molecule has 2 nitrogen and oxygen atoms in total. The normalized spacial score (nSPS) is 33.4. The summed E-state index contributed by atoms with van der Waals surface area (Å²) in [5.41, 5.74) is 5.85. The van der Waals surface area contributed by atoms with E-state index in [2.05, 4.69) is 5.32 Å². The number of hydrogen-bond acceptors (Lipinski definition) is 2. The van der Waals surface area contributed by atoms with E-state index in [0.717, 1.165) is 24.4 Å². The Morgan fingerprint density at radius 3 is 2.13 bits per heavy atom. The lowest BCUT2D eigenvalue weighted by Crippen LogP contribution is -2.37. The summed E-state index contributed by atoms with van der Waals surface area (Å²) < 4.78 is 0. The quantitative estimate of drug-likeness (QED) is 0.747. The zero-order chi connectivity index (χ0) is 10.5.